The van der Waals surface area contributed by atoms with Gasteiger partial charge in [0, 0.05) is 5.54 Å². The van der Waals surface area contributed by atoms with Crippen molar-refractivity contribution in [1.29, 1.82) is 0 Å². The molecule has 1 unspecified atom stereocenters. The molecule has 0 radical (unpaired) electrons. The van der Waals surface area contributed by atoms with Crippen molar-refractivity contribution in [2.75, 3.05) is 6.54 Å². The van der Waals surface area contributed by atoms with Crippen molar-refractivity contribution in [3.63, 3.8) is 0 Å². The van der Waals surface area contributed by atoms with E-state index in [2.05, 4.69) is 43.4 Å². The van der Waals surface area contributed by atoms with Crippen LogP contribution in [0.15, 0.2) is 24.3 Å². The topological polar surface area (TPSA) is 12.0 Å². The summed E-state index contributed by atoms with van der Waals surface area (Å²) in [6.45, 7) is 5.76. The molecule has 2 aliphatic rings. The first-order chi connectivity index (χ1) is 8.29. The zero-order valence-electron chi connectivity index (χ0n) is 11.0. The first kappa shape index (κ1) is 11.3. The Kier molecular flexibility index (Phi) is 2.74. The third-order valence-electron chi connectivity index (χ3n) is 5.01. The fourth-order valence-electron chi connectivity index (χ4n) is 4.35. The zero-order valence-corrected chi connectivity index (χ0v) is 11.0. The number of nitrogens with one attached hydrogen (secondary N) is 1. The number of benzene rings is 1. The quantitative estimate of drug-likeness (QED) is 0.818. The van der Waals surface area contributed by atoms with E-state index in [1.54, 1.807) is 11.1 Å². The molecule has 0 aromatic heterocycles. The molecule has 0 aliphatic heterocycles. The van der Waals surface area contributed by atoms with E-state index < -0.39 is 0 Å². The minimum absolute atomic E-state index is 0.281. The Hall–Kier alpha value is -0.820. The first-order valence-corrected chi connectivity index (χ1v) is 7.12. The SMILES string of the molecule is CCN[C@@]12c3ccccc3C[C@@H]1CCCC2C. The van der Waals surface area contributed by atoms with Gasteiger partial charge in [-0.1, -0.05) is 44.5 Å². The third kappa shape index (κ3) is 1.48. The Morgan fingerprint density at radius 1 is 1.29 bits per heavy atom. The van der Waals surface area contributed by atoms with E-state index in [-0.39, 0.29) is 5.54 Å². The maximum Gasteiger partial charge on any atom is 0.0494 e. The minimum atomic E-state index is 0.281. The van der Waals surface area contributed by atoms with Crippen molar-refractivity contribution in [3.05, 3.63) is 35.4 Å². The van der Waals surface area contributed by atoms with Crippen molar-refractivity contribution in [2.45, 2.75) is 45.1 Å². The van der Waals surface area contributed by atoms with Crippen LogP contribution < -0.4 is 5.32 Å². The standard InChI is InChI=1S/C16H23N/c1-3-17-16-12(2)7-6-9-14(16)11-13-8-4-5-10-15(13)16/h4-5,8,10,12,14,17H,3,6-7,9,11H2,1-2H3/t12?,14-,16+/m0/s1. The molecule has 1 nitrogen and oxygen atoms in total. The molecule has 0 amide bonds. The lowest BCUT2D eigenvalue weighted by Crippen LogP contribution is -2.52. The molecule has 2 aliphatic carbocycles. The molecular weight excluding hydrogens is 206 g/mol. The smallest absolute Gasteiger partial charge is 0.0494 e. The van der Waals surface area contributed by atoms with Crippen LogP contribution in [0.2, 0.25) is 0 Å². The summed E-state index contributed by atoms with van der Waals surface area (Å²) in [6.07, 6.45) is 5.46. The van der Waals surface area contributed by atoms with E-state index in [0.717, 1.165) is 18.4 Å². The monoisotopic (exact) mass is 229 g/mol. The fourth-order valence-corrected chi connectivity index (χ4v) is 4.35. The van der Waals surface area contributed by atoms with Crippen LogP contribution in [0, 0.1) is 11.8 Å². The lowest BCUT2D eigenvalue weighted by molar-refractivity contribution is 0.0964. The number of hydrogen-bond acceptors (Lipinski definition) is 1. The lowest BCUT2D eigenvalue weighted by Gasteiger charge is -2.46. The van der Waals surface area contributed by atoms with Crippen molar-refractivity contribution in [3.8, 4) is 0 Å². The highest BCUT2D eigenvalue weighted by Gasteiger charge is 2.50. The van der Waals surface area contributed by atoms with Gasteiger partial charge in [-0.15, -0.1) is 0 Å². The third-order valence-corrected chi connectivity index (χ3v) is 5.01. The Morgan fingerprint density at radius 2 is 2.12 bits per heavy atom. The molecule has 1 aromatic rings. The van der Waals surface area contributed by atoms with Gasteiger partial charge in [-0.05, 0) is 48.8 Å². The molecule has 92 valence electrons. The summed E-state index contributed by atoms with van der Waals surface area (Å²) in [5, 5.41) is 3.87. The summed E-state index contributed by atoms with van der Waals surface area (Å²) >= 11 is 0. The predicted molar refractivity (Wildman–Crippen MR) is 72.0 cm³/mol. The molecule has 0 heterocycles. The predicted octanol–water partition coefficient (Wildman–Crippen LogP) is 3.48. The average molecular weight is 229 g/mol. The highest BCUT2D eigenvalue weighted by molar-refractivity contribution is 5.41. The van der Waals surface area contributed by atoms with Gasteiger partial charge in [-0.3, -0.25) is 0 Å². The maximum atomic E-state index is 3.87. The first-order valence-electron chi connectivity index (χ1n) is 7.12. The van der Waals surface area contributed by atoms with Crippen LogP contribution in [0.1, 0.15) is 44.2 Å². The molecular formula is C16H23N. The highest BCUT2D eigenvalue weighted by Crippen LogP contribution is 2.52. The van der Waals surface area contributed by atoms with Crippen LogP contribution in [0.25, 0.3) is 0 Å². The second kappa shape index (κ2) is 4.13. The van der Waals surface area contributed by atoms with Gasteiger partial charge >= 0.3 is 0 Å². The largest absolute Gasteiger partial charge is 0.307 e. The van der Waals surface area contributed by atoms with Crippen molar-refractivity contribution < 1.29 is 0 Å². The lowest BCUT2D eigenvalue weighted by atomic mass is 9.66. The summed E-state index contributed by atoms with van der Waals surface area (Å²) in [7, 11) is 0. The molecule has 0 spiro atoms. The summed E-state index contributed by atoms with van der Waals surface area (Å²) in [5.74, 6) is 1.59. The van der Waals surface area contributed by atoms with Crippen LogP contribution in [-0.4, -0.2) is 6.54 Å². The van der Waals surface area contributed by atoms with Gasteiger partial charge < -0.3 is 5.32 Å². The molecule has 1 fully saturated rings. The van der Waals surface area contributed by atoms with Gasteiger partial charge in [0.25, 0.3) is 0 Å². The second-order valence-corrected chi connectivity index (χ2v) is 5.79. The molecule has 0 bridgehead atoms. The van der Waals surface area contributed by atoms with Gasteiger partial charge in [0.05, 0.1) is 0 Å². The van der Waals surface area contributed by atoms with E-state index >= 15 is 0 Å². The summed E-state index contributed by atoms with van der Waals surface area (Å²) in [5.41, 5.74) is 3.47. The molecule has 1 heteroatoms. The Balaban J connectivity index is 2.11. The molecule has 3 atom stereocenters. The number of hydrogen-bond donors (Lipinski definition) is 1. The van der Waals surface area contributed by atoms with Crippen molar-refractivity contribution in [1.82, 2.24) is 5.32 Å². The zero-order chi connectivity index (χ0) is 11.9. The molecule has 3 rings (SSSR count). The van der Waals surface area contributed by atoms with E-state index in [0.29, 0.717) is 0 Å². The summed E-state index contributed by atoms with van der Waals surface area (Å²) < 4.78 is 0. The maximum absolute atomic E-state index is 3.87. The Morgan fingerprint density at radius 3 is 2.94 bits per heavy atom. The molecule has 0 saturated heterocycles. The normalized spacial score (nSPS) is 35.4. The van der Waals surface area contributed by atoms with E-state index in [9.17, 15) is 0 Å². The van der Waals surface area contributed by atoms with Gasteiger partial charge in [0.2, 0.25) is 0 Å². The van der Waals surface area contributed by atoms with Crippen LogP contribution in [-0.2, 0) is 12.0 Å². The molecule has 17 heavy (non-hydrogen) atoms. The fraction of sp³-hybridized carbons (Fsp3) is 0.625. The van der Waals surface area contributed by atoms with Crippen LogP contribution >= 0.6 is 0 Å². The number of fused-ring (bicyclic) bond motifs is 3. The Labute approximate surface area is 105 Å². The summed E-state index contributed by atoms with van der Waals surface area (Å²) in [6, 6.07) is 9.10. The second-order valence-electron chi connectivity index (χ2n) is 5.79. The van der Waals surface area contributed by atoms with Gasteiger partial charge in [-0.25, -0.2) is 0 Å². The molecule has 1 aromatic carbocycles. The highest BCUT2D eigenvalue weighted by atomic mass is 15.0. The summed E-state index contributed by atoms with van der Waals surface area (Å²) in [4.78, 5) is 0. The van der Waals surface area contributed by atoms with Gasteiger partial charge in [0.1, 0.15) is 0 Å². The van der Waals surface area contributed by atoms with E-state index in [1.165, 1.54) is 25.7 Å². The molecule has 1 saturated carbocycles. The number of rotatable bonds is 2. The van der Waals surface area contributed by atoms with Crippen molar-refractivity contribution in [2.24, 2.45) is 11.8 Å². The van der Waals surface area contributed by atoms with Crippen LogP contribution in [0.4, 0.5) is 0 Å². The van der Waals surface area contributed by atoms with E-state index in [4.69, 9.17) is 0 Å². The van der Waals surface area contributed by atoms with Crippen LogP contribution in [0.5, 0.6) is 0 Å². The Bertz CT molecular complexity index is 412. The van der Waals surface area contributed by atoms with E-state index in [1.807, 2.05) is 0 Å². The van der Waals surface area contributed by atoms with Gasteiger partial charge in [-0.2, -0.15) is 0 Å². The van der Waals surface area contributed by atoms with Crippen LogP contribution in [0.3, 0.4) is 0 Å². The minimum Gasteiger partial charge on any atom is -0.307 e. The van der Waals surface area contributed by atoms with Crippen molar-refractivity contribution >= 4 is 0 Å². The average Bonchev–Trinajstić information content (AvgIpc) is 2.66. The molecule has 1 N–H and O–H groups in total. The van der Waals surface area contributed by atoms with Gasteiger partial charge in [0.15, 0.2) is 0 Å².